The Morgan fingerprint density at radius 1 is 1.14 bits per heavy atom. The average molecular weight is 397 g/mol. The minimum Gasteiger partial charge on any atom is -0.494 e. The van der Waals surface area contributed by atoms with E-state index in [-0.39, 0.29) is 12.1 Å². The number of carbonyl (C=O) groups excluding carboxylic acids is 1. The summed E-state index contributed by atoms with van der Waals surface area (Å²) in [7, 11) is 0. The number of rotatable bonds is 8. The van der Waals surface area contributed by atoms with Gasteiger partial charge >= 0.3 is 5.97 Å². The summed E-state index contributed by atoms with van der Waals surface area (Å²) in [5.41, 5.74) is 1.57. The Labute approximate surface area is 168 Å². The van der Waals surface area contributed by atoms with E-state index in [0.29, 0.717) is 25.3 Å². The standard InChI is InChI=1S/C22H24N2O3S/c1-2-3-6-13-26-17-11-9-16(10-12-17)21(25)27-18-14-24(15-18)22-23-19-7-4-5-8-20(19)28-22/h4-5,7-12,18H,2-3,6,13-15H2,1H3. The number of thiazole rings is 1. The Bertz CT molecular complexity index is 899. The number of benzene rings is 2. The summed E-state index contributed by atoms with van der Waals surface area (Å²) >= 11 is 1.67. The Balaban J connectivity index is 1.25. The number of hydrogen-bond donors (Lipinski definition) is 0. The SMILES string of the molecule is CCCCCOc1ccc(C(=O)OC2CN(c3nc4ccccc4s3)C2)cc1. The van der Waals surface area contributed by atoms with Gasteiger partial charge in [-0.3, -0.25) is 0 Å². The molecule has 1 fully saturated rings. The van der Waals surface area contributed by atoms with Crippen molar-refractivity contribution in [2.75, 3.05) is 24.6 Å². The second kappa shape index (κ2) is 8.61. The first-order valence-electron chi connectivity index (χ1n) is 9.77. The van der Waals surface area contributed by atoms with Gasteiger partial charge in [-0.05, 0) is 42.8 Å². The van der Waals surface area contributed by atoms with E-state index in [0.717, 1.165) is 22.8 Å². The summed E-state index contributed by atoms with van der Waals surface area (Å²) < 4.78 is 12.5. The third-order valence-electron chi connectivity index (χ3n) is 4.78. The lowest BCUT2D eigenvalue weighted by Crippen LogP contribution is -2.53. The molecule has 0 saturated carbocycles. The van der Waals surface area contributed by atoms with Crippen molar-refractivity contribution in [3.8, 4) is 5.75 Å². The molecule has 0 radical (unpaired) electrons. The first kappa shape index (κ1) is 18.7. The summed E-state index contributed by atoms with van der Waals surface area (Å²) in [5.74, 6) is 0.504. The van der Waals surface area contributed by atoms with Crippen molar-refractivity contribution in [2.24, 2.45) is 0 Å². The minimum atomic E-state index is -0.286. The van der Waals surface area contributed by atoms with E-state index >= 15 is 0 Å². The highest BCUT2D eigenvalue weighted by molar-refractivity contribution is 7.22. The number of nitrogens with zero attached hydrogens (tertiary/aromatic N) is 2. The van der Waals surface area contributed by atoms with E-state index in [1.165, 1.54) is 17.5 Å². The molecule has 0 N–H and O–H groups in total. The highest BCUT2D eigenvalue weighted by Gasteiger charge is 2.32. The maximum Gasteiger partial charge on any atom is 0.338 e. The average Bonchev–Trinajstić information content (AvgIpc) is 3.11. The van der Waals surface area contributed by atoms with Crippen LogP contribution in [0.5, 0.6) is 5.75 Å². The Morgan fingerprint density at radius 3 is 2.68 bits per heavy atom. The van der Waals surface area contributed by atoms with Crippen LogP contribution in [0.4, 0.5) is 5.13 Å². The smallest absolute Gasteiger partial charge is 0.338 e. The van der Waals surface area contributed by atoms with E-state index in [1.54, 1.807) is 23.5 Å². The molecule has 4 rings (SSSR count). The molecule has 0 unspecified atom stereocenters. The van der Waals surface area contributed by atoms with Gasteiger partial charge in [0.1, 0.15) is 11.9 Å². The zero-order valence-electron chi connectivity index (χ0n) is 16.0. The number of esters is 1. The molecule has 2 aromatic carbocycles. The van der Waals surface area contributed by atoms with E-state index in [1.807, 2.05) is 30.3 Å². The lowest BCUT2D eigenvalue weighted by molar-refractivity contribution is 0.0234. The lowest BCUT2D eigenvalue weighted by atomic mass is 10.1. The molecule has 0 aliphatic carbocycles. The third kappa shape index (κ3) is 4.28. The zero-order chi connectivity index (χ0) is 19.3. The number of hydrogen-bond acceptors (Lipinski definition) is 6. The Morgan fingerprint density at radius 2 is 1.93 bits per heavy atom. The van der Waals surface area contributed by atoms with Gasteiger partial charge in [-0.15, -0.1) is 0 Å². The van der Waals surface area contributed by atoms with Crippen molar-refractivity contribution < 1.29 is 14.3 Å². The molecule has 1 aliphatic heterocycles. The van der Waals surface area contributed by atoms with Crippen molar-refractivity contribution in [1.82, 2.24) is 4.98 Å². The second-order valence-corrected chi connectivity index (χ2v) is 7.99. The number of aromatic nitrogens is 1. The van der Waals surface area contributed by atoms with Crippen LogP contribution < -0.4 is 9.64 Å². The van der Waals surface area contributed by atoms with Gasteiger partial charge in [-0.1, -0.05) is 43.2 Å². The van der Waals surface area contributed by atoms with Crippen LogP contribution in [-0.4, -0.2) is 36.8 Å². The summed E-state index contributed by atoms with van der Waals surface area (Å²) in [5, 5.41) is 0.984. The number of unbranched alkanes of at least 4 members (excludes halogenated alkanes) is 2. The number of carbonyl (C=O) groups is 1. The van der Waals surface area contributed by atoms with Crippen LogP contribution in [0.2, 0.25) is 0 Å². The molecular weight excluding hydrogens is 372 g/mol. The second-order valence-electron chi connectivity index (χ2n) is 6.98. The first-order chi connectivity index (χ1) is 13.7. The van der Waals surface area contributed by atoms with Crippen LogP contribution in [0.25, 0.3) is 10.2 Å². The molecule has 1 aliphatic rings. The monoisotopic (exact) mass is 396 g/mol. The molecule has 1 saturated heterocycles. The number of para-hydroxylation sites is 1. The number of ether oxygens (including phenoxy) is 2. The summed E-state index contributed by atoms with van der Waals surface area (Å²) in [6.45, 7) is 4.25. The van der Waals surface area contributed by atoms with Gasteiger partial charge in [-0.25, -0.2) is 9.78 Å². The third-order valence-corrected chi connectivity index (χ3v) is 5.88. The number of anilines is 1. The molecule has 3 aromatic rings. The van der Waals surface area contributed by atoms with Crippen molar-refractivity contribution in [1.29, 1.82) is 0 Å². The highest BCUT2D eigenvalue weighted by atomic mass is 32.1. The van der Waals surface area contributed by atoms with Crippen LogP contribution in [0.3, 0.4) is 0 Å². The molecule has 28 heavy (non-hydrogen) atoms. The molecule has 6 heteroatoms. The number of fused-ring (bicyclic) bond motifs is 1. The van der Waals surface area contributed by atoms with Crippen molar-refractivity contribution in [3.63, 3.8) is 0 Å². The van der Waals surface area contributed by atoms with E-state index in [4.69, 9.17) is 9.47 Å². The summed E-state index contributed by atoms with van der Waals surface area (Å²) in [4.78, 5) is 19.1. The maximum atomic E-state index is 12.3. The highest BCUT2D eigenvalue weighted by Crippen LogP contribution is 2.32. The zero-order valence-corrected chi connectivity index (χ0v) is 16.8. The molecular formula is C22H24N2O3S. The van der Waals surface area contributed by atoms with Gasteiger partial charge in [0.15, 0.2) is 5.13 Å². The van der Waals surface area contributed by atoms with E-state index in [9.17, 15) is 4.79 Å². The predicted octanol–water partition coefficient (Wildman–Crippen LogP) is 4.91. The van der Waals surface area contributed by atoms with Crippen molar-refractivity contribution >= 4 is 32.7 Å². The molecule has 5 nitrogen and oxygen atoms in total. The lowest BCUT2D eigenvalue weighted by Gasteiger charge is -2.38. The van der Waals surface area contributed by atoms with Gasteiger partial charge in [-0.2, -0.15) is 0 Å². The fourth-order valence-corrected chi connectivity index (χ4v) is 4.10. The minimum absolute atomic E-state index is 0.0931. The fraction of sp³-hybridized carbons (Fsp3) is 0.364. The molecule has 146 valence electrons. The summed E-state index contributed by atoms with van der Waals surface area (Å²) in [6, 6.07) is 15.3. The molecule has 1 aromatic heterocycles. The predicted molar refractivity (Wildman–Crippen MR) is 112 cm³/mol. The summed E-state index contributed by atoms with van der Waals surface area (Å²) in [6.07, 6.45) is 3.29. The Kier molecular flexibility index (Phi) is 5.76. The van der Waals surface area contributed by atoms with Crippen molar-refractivity contribution in [3.05, 3.63) is 54.1 Å². The van der Waals surface area contributed by atoms with Crippen LogP contribution in [0.1, 0.15) is 36.5 Å². The molecule has 0 atom stereocenters. The van der Waals surface area contributed by atoms with Gasteiger partial charge in [0.05, 0.1) is 35.5 Å². The van der Waals surface area contributed by atoms with Crippen LogP contribution in [0, 0.1) is 0 Å². The maximum absolute atomic E-state index is 12.3. The fourth-order valence-electron chi connectivity index (χ4n) is 3.11. The first-order valence-corrected chi connectivity index (χ1v) is 10.6. The van der Waals surface area contributed by atoms with Gasteiger partial charge in [0.2, 0.25) is 0 Å². The van der Waals surface area contributed by atoms with E-state index < -0.39 is 0 Å². The van der Waals surface area contributed by atoms with Crippen LogP contribution >= 0.6 is 11.3 Å². The van der Waals surface area contributed by atoms with Crippen molar-refractivity contribution in [2.45, 2.75) is 32.3 Å². The van der Waals surface area contributed by atoms with Gasteiger partial charge in [0.25, 0.3) is 0 Å². The normalized spacial score (nSPS) is 14.1. The molecule has 0 bridgehead atoms. The molecule has 0 spiro atoms. The van der Waals surface area contributed by atoms with E-state index in [2.05, 4.69) is 22.9 Å². The van der Waals surface area contributed by atoms with Crippen LogP contribution in [-0.2, 0) is 4.74 Å². The largest absolute Gasteiger partial charge is 0.494 e. The van der Waals surface area contributed by atoms with Gasteiger partial charge in [0, 0.05) is 0 Å². The van der Waals surface area contributed by atoms with Crippen LogP contribution in [0.15, 0.2) is 48.5 Å². The Hall–Kier alpha value is -2.60. The molecule has 2 heterocycles. The topological polar surface area (TPSA) is 51.7 Å². The van der Waals surface area contributed by atoms with Gasteiger partial charge < -0.3 is 14.4 Å². The quantitative estimate of drug-likeness (QED) is 0.400. The molecule has 0 amide bonds.